The van der Waals surface area contributed by atoms with E-state index in [-0.39, 0.29) is 5.41 Å². The topological polar surface area (TPSA) is 23.8 Å². The molecular formula is C13H23N. The number of rotatable bonds is 3. The first kappa shape index (κ1) is 11.6. The maximum atomic E-state index is 9.40. The van der Waals surface area contributed by atoms with Crippen LogP contribution in [0.2, 0.25) is 0 Å². The Balaban J connectivity index is 2.75. The van der Waals surface area contributed by atoms with Crippen LogP contribution in [0.5, 0.6) is 0 Å². The van der Waals surface area contributed by atoms with E-state index in [2.05, 4.69) is 33.8 Å². The number of nitrogens with zero attached hydrogens (tertiary/aromatic N) is 1. The second kappa shape index (κ2) is 4.34. The molecule has 0 aliphatic heterocycles. The second-order valence-corrected chi connectivity index (χ2v) is 5.32. The van der Waals surface area contributed by atoms with E-state index in [1.54, 1.807) is 0 Å². The highest BCUT2D eigenvalue weighted by Gasteiger charge is 2.43. The minimum absolute atomic E-state index is 0.00512. The average Bonchev–Trinajstić information content (AvgIpc) is 2.61. The van der Waals surface area contributed by atoms with Crippen molar-refractivity contribution in [1.29, 1.82) is 5.26 Å². The summed E-state index contributed by atoms with van der Waals surface area (Å²) in [4.78, 5) is 0. The molecular weight excluding hydrogens is 170 g/mol. The van der Waals surface area contributed by atoms with Crippen LogP contribution in [0.1, 0.15) is 53.4 Å². The molecule has 1 aliphatic carbocycles. The molecule has 0 saturated heterocycles. The molecule has 0 aromatic rings. The fraction of sp³-hybridized carbons (Fsp3) is 0.923. The Morgan fingerprint density at radius 3 is 2.43 bits per heavy atom. The fourth-order valence-corrected chi connectivity index (χ4v) is 2.78. The van der Waals surface area contributed by atoms with Gasteiger partial charge in [-0.2, -0.15) is 5.26 Å². The normalized spacial score (nSPS) is 34.4. The lowest BCUT2D eigenvalue weighted by Crippen LogP contribution is -2.28. The smallest absolute Gasteiger partial charge is 0.0692 e. The lowest BCUT2D eigenvalue weighted by molar-refractivity contribution is 0.196. The Bertz CT molecular complexity index is 226. The third-order valence-electron chi connectivity index (χ3n) is 4.32. The van der Waals surface area contributed by atoms with Crippen molar-refractivity contribution < 1.29 is 0 Å². The molecule has 0 spiro atoms. The zero-order valence-corrected chi connectivity index (χ0v) is 10.0. The fourth-order valence-electron chi connectivity index (χ4n) is 2.78. The summed E-state index contributed by atoms with van der Waals surface area (Å²) >= 11 is 0. The minimum Gasteiger partial charge on any atom is -0.198 e. The third kappa shape index (κ3) is 1.95. The Labute approximate surface area is 88.5 Å². The third-order valence-corrected chi connectivity index (χ3v) is 4.32. The molecule has 1 aliphatic rings. The summed E-state index contributed by atoms with van der Waals surface area (Å²) in [5, 5.41) is 9.40. The van der Waals surface area contributed by atoms with Crippen molar-refractivity contribution in [3.63, 3.8) is 0 Å². The van der Waals surface area contributed by atoms with Crippen molar-refractivity contribution in [2.75, 3.05) is 0 Å². The minimum atomic E-state index is -0.00512. The first-order valence-corrected chi connectivity index (χ1v) is 5.97. The molecule has 0 heterocycles. The lowest BCUT2D eigenvalue weighted by Gasteiger charge is -2.31. The van der Waals surface area contributed by atoms with Crippen LogP contribution >= 0.6 is 0 Å². The standard InChI is InChI=1S/C13H23N/c1-5-12-6-7-13(8-12,9-14)11(4)10(2)3/h10-12H,5-8H2,1-4H3. The van der Waals surface area contributed by atoms with Gasteiger partial charge in [0, 0.05) is 0 Å². The van der Waals surface area contributed by atoms with E-state index in [0.717, 1.165) is 18.8 Å². The summed E-state index contributed by atoms with van der Waals surface area (Å²) in [5.74, 6) is 1.98. The van der Waals surface area contributed by atoms with Crippen LogP contribution in [-0.4, -0.2) is 0 Å². The zero-order valence-electron chi connectivity index (χ0n) is 10.0. The van der Waals surface area contributed by atoms with E-state index in [0.29, 0.717) is 11.8 Å². The Kier molecular flexibility index (Phi) is 3.59. The second-order valence-electron chi connectivity index (χ2n) is 5.32. The lowest BCUT2D eigenvalue weighted by atomic mass is 9.70. The molecule has 1 rings (SSSR count). The maximum Gasteiger partial charge on any atom is 0.0692 e. The monoisotopic (exact) mass is 193 g/mol. The van der Waals surface area contributed by atoms with Gasteiger partial charge in [0.05, 0.1) is 11.5 Å². The zero-order chi connectivity index (χ0) is 10.8. The maximum absolute atomic E-state index is 9.40. The first-order chi connectivity index (χ1) is 6.55. The summed E-state index contributed by atoms with van der Waals surface area (Å²) < 4.78 is 0. The van der Waals surface area contributed by atoms with Gasteiger partial charge in [-0.1, -0.05) is 34.1 Å². The van der Waals surface area contributed by atoms with Gasteiger partial charge in [-0.15, -0.1) is 0 Å². The van der Waals surface area contributed by atoms with Gasteiger partial charge in [0.1, 0.15) is 0 Å². The highest BCUT2D eigenvalue weighted by Crippen LogP contribution is 2.49. The average molecular weight is 193 g/mol. The summed E-state index contributed by atoms with van der Waals surface area (Å²) in [6.07, 6.45) is 4.77. The molecule has 0 aromatic carbocycles. The van der Waals surface area contributed by atoms with Crippen LogP contribution in [0.25, 0.3) is 0 Å². The van der Waals surface area contributed by atoms with Crippen LogP contribution in [-0.2, 0) is 0 Å². The molecule has 80 valence electrons. The van der Waals surface area contributed by atoms with E-state index < -0.39 is 0 Å². The molecule has 0 aromatic heterocycles. The molecule has 0 radical (unpaired) electrons. The van der Waals surface area contributed by atoms with Crippen molar-refractivity contribution in [3.8, 4) is 6.07 Å². The molecule has 0 bridgehead atoms. The van der Waals surface area contributed by atoms with E-state index in [4.69, 9.17) is 0 Å². The molecule has 1 nitrogen and oxygen atoms in total. The summed E-state index contributed by atoms with van der Waals surface area (Å²) in [5.41, 5.74) is -0.00512. The molecule has 0 amide bonds. The number of nitriles is 1. The predicted molar refractivity (Wildman–Crippen MR) is 59.7 cm³/mol. The SMILES string of the molecule is CCC1CCC(C#N)(C(C)C(C)C)C1. The number of hydrogen-bond donors (Lipinski definition) is 0. The summed E-state index contributed by atoms with van der Waals surface area (Å²) in [7, 11) is 0. The van der Waals surface area contributed by atoms with Crippen LogP contribution in [0.15, 0.2) is 0 Å². The van der Waals surface area contributed by atoms with Gasteiger partial charge in [0.15, 0.2) is 0 Å². The van der Waals surface area contributed by atoms with Crippen LogP contribution in [0.4, 0.5) is 0 Å². The van der Waals surface area contributed by atoms with E-state index in [1.165, 1.54) is 12.8 Å². The molecule has 14 heavy (non-hydrogen) atoms. The molecule has 3 unspecified atom stereocenters. The van der Waals surface area contributed by atoms with Crippen LogP contribution < -0.4 is 0 Å². The number of hydrogen-bond acceptors (Lipinski definition) is 1. The highest BCUT2D eigenvalue weighted by molar-refractivity contribution is 5.07. The van der Waals surface area contributed by atoms with Crippen molar-refractivity contribution >= 4 is 0 Å². The Hall–Kier alpha value is -0.510. The quantitative estimate of drug-likeness (QED) is 0.664. The van der Waals surface area contributed by atoms with Gasteiger partial charge in [-0.05, 0) is 37.0 Å². The van der Waals surface area contributed by atoms with Crippen molar-refractivity contribution in [3.05, 3.63) is 0 Å². The van der Waals surface area contributed by atoms with E-state index in [9.17, 15) is 5.26 Å². The highest BCUT2D eigenvalue weighted by atomic mass is 14.5. The molecule has 1 saturated carbocycles. The van der Waals surface area contributed by atoms with Gasteiger partial charge in [0.25, 0.3) is 0 Å². The van der Waals surface area contributed by atoms with Crippen LogP contribution in [0.3, 0.4) is 0 Å². The van der Waals surface area contributed by atoms with Crippen molar-refractivity contribution in [2.24, 2.45) is 23.2 Å². The van der Waals surface area contributed by atoms with Gasteiger partial charge >= 0.3 is 0 Å². The largest absolute Gasteiger partial charge is 0.198 e. The predicted octanol–water partition coefficient (Wildman–Crippen LogP) is 4.00. The van der Waals surface area contributed by atoms with E-state index in [1.807, 2.05) is 0 Å². The summed E-state index contributed by atoms with van der Waals surface area (Å²) in [6.45, 7) is 8.98. The van der Waals surface area contributed by atoms with Gasteiger partial charge < -0.3 is 0 Å². The van der Waals surface area contributed by atoms with Crippen LogP contribution in [0, 0.1) is 34.5 Å². The van der Waals surface area contributed by atoms with Crippen molar-refractivity contribution in [1.82, 2.24) is 0 Å². The molecule has 1 fully saturated rings. The first-order valence-electron chi connectivity index (χ1n) is 5.97. The van der Waals surface area contributed by atoms with E-state index >= 15 is 0 Å². The van der Waals surface area contributed by atoms with Gasteiger partial charge in [0.2, 0.25) is 0 Å². The van der Waals surface area contributed by atoms with Crippen molar-refractivity contribution in [2.45, 2.75) is 53.4 Å². The molecule has 1 heteroatoms. The molecule has 0 N–H and O–H groups in total. The Morgan fingerprint density at radius 1 is 1.43 bits per heavy atom. The van der Waals surface area contributed by atoms with Gasteiger partial charge in [-0.25, -0.2) is 0 Å². The molecule has 3 atom stereocenters. The summed E-state index contributed by atoms with van der Waals surface area (Å²) in [6, 6.07) is 2.62. The Morgan fingerprint density at radius 2 is 2.07 bits per heavy atom. The van der Waals surface area contributed by atoms with Gasteiger partial charge in [-0.3, -0.25) is 0 Å².